The van der Waals surface area contributed by atoms with Gasteiger partial charge in [-0.15, -0.1) is 0 Å². The van der Waals surface area contributed by atoms with Crippen LogP contribution in [-0.2, 0) is 19.4 Å². The van der Waals surface area contributed by atoms with Crippen LogP contribution in [0.3, 0.4) is 0 Å². The Bertz CT molecular complexity index is 1150. The van der Waals surface area contributed by atoms with Gasteiger partial charge in [0.25, 0.3) is 0 Å². The third-order valence-electron chi connectivity index (χ3n) is 5.95. The number of rotatable bonds is 5. The number of piperazine rings is 1. The average molecular weight is 476 g/mol. The number of carbonyl (C=O) groups is 2. The fraction of sp³-hybridized carbons (Fsp3) is 0.455. The average Bonchev–Trinajstić information content (AvgIpc) is 2.80. The van der Waals surface area contributed by atoms with Gasteiger partial charge in [-0.25, -0.2) is 22.8 Å². The molecule has 2 saturated heterocycles. The van der Waals surface area contributed by atoms with Crippen LogP contribution in [0, 0.1) is 5.82 Å². The number of likely N-dealkylation sites (tertiary alicyclic amines) is 1. The number of amides is 2. The lowest BCUT2D eigenvalue weighted by molar-refractivity contribution is -0.142. The summed E-state index contributed by atoms with van der Waals surface area (Å²) in [5.74, 6) is -0.455. The summed E-state index contributed by atoms with van der Waals surface area (Å²) >= 11 is 0. The van der Waals surface area contributed by atoms with Crippen molar-refractivity contribution in [1.82, 2.24) is 19.8 Å². The molecule has 0 radical (unpaired) electrons. The van der Waals surface area contributed by atoms with E-state index in [-0.39, 0.29) is 23.5 Å². The Balaban J connectivity index is 1.46. The van der Waals surface area contributed by atoms with Gasteiger partial charge in [-0.3, -0.25) is 9.59 Å². The number of halogens is 1. The van der Waals surface area contributed by atoms with E-state index in [0.717, 1.165) is 24.8 Å². The van der Waals surface area contributed by atoms with Gasteiger partial charge >= 0.3 is 0 Å². The highest BCUT2D eigenvalue weighted by atomic mass is 32.2. The maximum Gasteiger partial charge on any atom is 0.246 e. The van der Waals surface area contributed by atoms with E-state index in [4.69, 9.17) is 0 Å². The van der Waals surface area contributed by atoms with Crippen LogP contribution in [-0.4, -0.2) is 85.5 Å². The zero-order valence-corrected chi connectivity index (χ0v) is 19.2. The highest BCUT2D eigenvalue weighted by Gasteiger charge is 2.27. The van der Waals surface area contributed by atoms with Crippen LogP contribution < -0.4 is 4.90 Å². The molecule has 2 fully saturated rings. The van der Waals surface area contributed by atoms with E-state index in [1.54, 1.807) is 15.9 Å². The quantitative estimate of drug-likeness (QED) is 0.601. The monoisotopic (exact) mass is 475 g/mol. The van der Waals surface area contributed by atoms with Crippen molar-refractivity contribution in [2.75, 3.05) is 50.4 Å². The normalized spacial score (nSPS) is 17.4. The van der Waals surface area contributed by atoms with Crippen molar-refractivity contribution in [1.29, 1.82) is 0 Å². The van der Waals surface area contributed by atoms with Crippen molar-refractivity contribution < 1.29 is 22.4 Å². The molecule has 1 aromatic heterocycles. The van der Waals surface area contributed by atoms with E-state index in [1.807, 2.05) is 0 Å². The Hall–Kier alpha value is -3.08. The first kappa shape index (κ1) is 23.1. The first-order chi connectivity index (χ1) is 15.7. The second kappa shape index (κ2) is 9.42. The minimum atomic E-state index is -3.54. The molecular formula is C22H26FN5O4S. The molecule has 3 heterocycles. The molecular weight excluding hydrogens is 449 g/mol. The highest BCUT2D eigenvalue weighted by Crippen LogP contribution is 2.32. The number of piperidine rings is 1. The number of aromatic nitrogens is 2. The first-order valence-corrected chi connectivity index (χ1v) is 12.7. The third-order valence-corrected chi connectivity index (χ3v) is 6.82. The van der Waals surface area contributed by atoms with Gasteiger partial charge < -0.3 is 14.7 Å². The summed E-state index contributed by atoms with van der Waals surface area (Å²) in [6.45, 7) is 2.80. The molecule has 1 aromatic carbocycles. The van der Waals surface area contributed by atoms with Gasteiger partial charge in [0.1, 0.15) is 5.82 Å². The molecule has 2 aromatic rings. The minimum absolute atomic E-state index is 0.0355. The number of nitrogens with zero attached hydrogens (tertiary/aromatic N) is 5. The Morgan fingerprint density at radius 2 is 1.76 bits per heavy atom. The summed E-state index contributed by atoms with van der Waals surface area (Å²) in [7, 11) is -3.54. The number of anilines is 1. The molecule has 0 N–H and O–H groups in total. The van der Waals surface area contributed by atoms with E-state index in [9.17, 15) is 22.4 Å². The number of benzene rings is 1. The van der Waals surface area contributed by atoms with Gasteiger partial charge in [-0.1, -0.05) is 0 Å². The van der Waals surface area contributed by atoms with E-state index in [2.05, 4.69) is 14.9 Å². The fourth-order valence-electron chi connectivity index (χ4n) is 4.15. The van der Waals surface area contributed by atoms with Crippen LogP contribution >= 0.6 is 0 Å². The van der Waals surface area contributed by atoms with E-state index >= 15 is 0 Å². The van der Waals surface area contributed by atoms with Gasteiger partial charge in [0, 0.05) is 74.6 Å². The molecule has 0 spiro atoms. The van der Waals surface area contributed by atoms with Crippen molar-refractivity contribution in [2.45, 2.75) is 24.4 Å². The van der Waals surface area contributed by atoms with Gasteiger partial charge in [0.15, 0.2) is 0 Å². The van der Waals surface area contributed by atoms with Gasteiger partial charge in [0.2, 0.25) is 26.8 Å². The molecule has 0 atom stereocenters. The molecule has 11 heteroatoms. The molecule has 2 amide bonds. The molecule has 2 aliphatic heterocycles. The van der Waals surface area contributed by atoms with Crippen LogP contribution in [0.1, 0.15) is 19.3 Å². The van der Waals surface area contributed by atoms with Gasteiger partial charge in [0.05, 0.1) is 6.54 Å². The van der Waals surface area contributed by atoms with Crippen LogP contribution in [0.25, 0.3) is 11.1 Å². The molecule has 176 valence electrons. The fourth-order valence-corrected chi connectivity index (χ4v) is 4.64. The lowest BCUT2D eigenvalue weighted by Gasteiger charge is -2.38. The topological polar surface area (TPSA) is 104 Å². The van der Waals surface area contributed by atoms with E-state index in [0.29, 0.717) is 50.3 Å². The van der Waals surface area contributed by atoms with Crippen molar-refractivity contribution in [3.8, 4) is 11.1 Å². The Kier molecular flexibility index (Phi) is 6.59. The lowest BCUT2D eigenvalue weighted by atomic mass is 10.0. The van der Waals surface area contributed by atoms with E-state index < -0.39 is 15.7 Å². The molecule has 33 heavy (non-hydrogen) atoms. The summed E-state index contributed by atoms with van der Waals surface area (Å²) < 4.78 is 37.3. The second-order valence-electron chi connectivity index (χ2n) is 8.33. The number of carbonyl (C=O) groups excluding carboxylic acids is 2. The van der Waals surface area contributed by atoms with Crippen LogP contribution in [0.15, 0.2) is 35.7 Å². The smallest absolute Gasteiger partial charge is 0.246 e. The summed E-state index contributed by atoms with van der Waals surface area (Å²) in [6, 6.07) is 4.40. The molecule has 4 rings (SSSR count). The molecule has 0 aliphatic carbocycles. The van der Waals surface area contributed by atoms with Crippen LogP contribution in [0.2, 0.25) is 0 Å². The zero-order chi connectivity index (χ0) is 23.6. The standard InChI is InChI=1S/C22H26FN5O4S/c1-33(31,32)22-24-13-16(14-25-22)18-12-17(23)5-6-19(18)26-8-10-27(11-9-26)21(30)15-28-7-3-2-4-20(28)29/h5-6,12-14H,2-4,7-11,15H2,1H3. The van der Waals surface area contributed by atoms with Crippen molar-refractivity contribution >= 4 is 27.3 Å². The maximum absolute atomic E-state index is 14.1. The maximum atomic E-state index is 14.1. The summed E-state index contributed by atoms with van der Waals surface area (Å²) in [5.41, 5.74) is 1.80. The van der Waals surface area contributed by atoms with Crippen molar-refractivity contribution in [2.24, 2.45) is 0 Å². The summed E-state index contributed by atoms with van der Waals surface area (Å²) in [6.07, 6.45) is 6.08. The second-order valence-corrected chi connectivity index (χ2v) is 10.2. The SMILES string of the molecule is CS(=O)(=O)c1ncc(-c2cc(F)ccc2N2CCN(C(=O)CN3CCCCC3=O)CC2)cn1. The van der Waals surface area contributed by atoms with Crippen LogP contribution in [0.5, 0.6) is 0 Å². The lowest BCUT2D eigenvalue weighted by Crippen LogP contribution is -2.52. The molecule has 9 nitrogen and oxygen atoms in total. The van der Waals surface area contributed by atoms with E-state index in [1.165, 1.54) is 24.5 Å². The Morgan fingerprint density at radius 1 is 1.06 bits per heavy atom. The first-order valence-electron chi connectivity index (χ1n) is 10.8. The number of hydrogen-bond donors (Lipinski definition) is 0. The van der Waals surface area contributed by atoms with Gasteiger partial charge in [-0.05, 0) is 31.0 Å². The molecule has 2 aliphatic rings. The van der Waals surface area contributed by atoms with Crippen molar-refractivity contribution in [3.63, 3.8) is 0 Å². The predicted molar refractivity (Wildman–Crippen MR) is 120 cm³/mol. The minimum Gasteiger partial charge on any atom is -0.367 e. The predicted octanol–water partition coefficient (Wildman–Crippen LogP) is 1.35. The molecule has 0 saturated carbocycles. The van der Waals surface area contributed by atoms with Crippen molar-refractivity contribution in [3.05, 3.63) is 36.4 Å². The highest BCUT2D eigenvalue weighted by molar-refractivity contribution is 7.90. The summed E-state index contributed by atoms with van der Waals surface area (Å²) in [5, 5.41) is -0.288. The van der Waals surface area contributed by atoms with Gasteiger partial charge in [-0.2, -0.15) is 0 Å². The molecule has 0 unspecified atom stereocenters. The summed E-state index contributed by atoms with van der Waals surface area (Å²) in [4.78, 5) is 38.0. The third kappa shape index (κ3) is 5.29. The zero-order valence-electron chi connectivity index (χ0n) is 18.4. The Morgan fingerprint density at radius 3 is 2.39 bits per heavy atom. The largest absolute Gasteiger partial charge is 0.367 e. The number of sulfone groups is 1. The Labute approximate surface area is 192 Å². The van der Waals surface area contributed by atoms with Crippen LogP contribution in [0.4, 0.5) is 10.1 Å². The number of hydrogen-bond acceptors (Lipinski definition) is 7. The molecule has 0 bridgehead atoms.